The Morgan fingerprint density at radius 2 is 1.78 bits per heavy atom. The van der Waals surface area contributed by atoms with E-state index in [1.54, 1.807) is 12.1 Å². The maximum Gasteiger partial charge on any atom is 0.185 e. The highest BCUT2D eigenvalue weighted by Gasteiger charge is 2.10. The number of benzene rings is 3. The van der Waals surface area contributed by atoms with Gasteiger partial charge >= 0.3 is 0 Å². The van der Waals surface area contributed by atoms with Crippen molar-refractivity contribution in [2.45, 2.75) is 0 Å². The summed E-state index contributed by atoms with van der Waals surface area (Å²) >= 11 is 0. The van der Waals surface area contributed by atoms with Gasteiger partial charge in [-0.1, -0.05) is 48.5 Å². The molecule has 0 bridgehead atoms. The van der Waals surface area contributed by atoms with Crippen LogP contribution in [0.2, 0.25) is 0 Å². The molecule has 0 aromatic heterocycles. The van der Waals surface area contributed by atoms with Crippen LogP contribution in [-0.4, -0.2) is 25.5 Å². The molecule has 0 aliphatic heterocycles. The summed E-state index contributed by atoms with van der Waals surface area (Å²) in [6.07, 6.45) is 3.27. The number of ketones is 1. The minimum Gasteiger partial charge on any atom is -0.546 e. The first-order valence-electron chi connectivity index (χ1n) is 8.29. The largest absolute Gasteiger partial charge is 0.546 e. The van der Waals surface area contributed by atoms with Crippen molar-refractivity contribution in [1.29, 1.82) is 0 Å². The lowest BCUT2D eigenvalue weighted by molar-refractivity contribution is -0.307. The molecule has 0 amide bonds. The highest BCUT2D eigenvalue weighted by molar-refractivity contribution is 6.08. The molecule has 0 spiro atoms. The number of aliphatic carboxylic acids is 1. The summed E-state index contributed by atoms with van der Waals surface area (Å²) in [5, 5.41) is 12.7. The molecule has 3 rings (SSSR count). The number of carboxylic acids is 1. The van der Waals surface area contributed by atoms with Gasteiger partial charge < -0.3 is 19.4 Å². The van der Waals surface area contributed by atoms with Crippen LogP contribution in [0.25, 0.3) is 16.8 Å². The van der Waals surface area contributed by atoms with Crippen LogP contribution in [0.4, 0.5) is 0 Å². The summed E-state index contributed by atoms with van der Waals surface area (Å²) < 4.78 is 10.3. The summed E-state index contributed by atoms with van der Waals surface area (Å²) in [7, 11) is 1.42. The van der Waals surface area contributed by atoms with Gasteiger partial charge in [0.15, 0.2) is 17.3 Å². The van der Waals surface area contributed by atoms with E-state index >= 15 is 0 Å². The predicted octanol–water partition coefficient (Wildman–Crippen LogP) is 2.87. The summed E-state index contributed by atoms with van der Waals surface area (Å²) in [5.74, 6) is -1.03. The molecule has 136 valence electrons. The molecule has 0 atom stereocenters. The van der Waals surface area contributed by atoms with Crippen molar-refractivity contribution >= 4 is 28.6 Å². The molecule has 5 heteroatoms. The predicted molar refractivity (Wildman–Crippen MR) is 101 cm³/mol. The Labute approximate surface area is 156 Å². The molecule has 0 heterocycles. The van der Waals surface area contributed by atoms with Gasteiger partial charge in [-0.3, -0.25) is 4.79 Å². The molecule has 0 unspecified atom stereocenters. The normalized spacial score (nSPS) is 10.9. The molecular weight excluding hydrogens is 344 g/mol. The van der Waals surface area contributed by atoms with Gasteiger partial charge in [0.2, 0.25) is 0 Å². The van der Waals surface area contributed by atoms with Crippen LogP contribution in [0.1, 0.15) is 15.9 Å². The molecule has 3 aromatic carbocycles. The van der Waals surface area contributed by atoms with Crippen molar-refractivity contribution in [1.82, 2.24) is 0 Å². The van der Waals surface area contributed by atoms with Crippen LogP contribution < -0.4 is 14.6 Å². The topological polar surface area (TPSA) is 75.7 Å². The lowest BCUT2D eigenvalue weighted by atomic mass is 10.0. The van der Waals surface area contributed by atoms with Crippen molar-refractivity contribution in [3.8, 4) is 11.5 Å². The summed E-state index contributed by atoms with van der Waals surface area (Å²) in [6.45, 7) is -0.593. The Morgan fingerprint density at radius 1 is 1.00 bits per heavy atom. The molecule has 5 nitrogen and oxygen atoms in total. The van der Waals surface area contributed by atoms with Crippen molar-refractivity contribution in [2.75, 3.05) is 13.7 Å². The van der Waals surface area contributed by atoms with E-state index in [-0.39, 0.29) is 17.3 Å². The number of hydrogen-bond acceptors (Lipinski definition) is 5. The Kier molecular flexibility index (Phi) is 5.52. The van der Waals surface area contributed by atoms with Gasteiger partial charge in [0.1, 0.15) is 6.61 Å². The third kappa shape index (κ3) is 4.33. The third-order valence-corrected chi connectivity index (χ3v) is 4.03. The smallest absolute Gasteiger partial charge is 0.185 e. The maximum absolute atomic E-state index is 12.5. The van der Waals surface area contributed by atoms with E-state index in [2.05, 4.69) is 0 Å². The number of carboxylic acid groups (broad SMARTS) is 1. The minimum atomic E-state index is -1.34. The second-order valence-corrected chi connectivity index (χ2v) is 5.79. The summed E-state index contributed by atoms with van der Waals surface area (Å²) in [5.41, 5.74) is 1.35. The second kappa shape index (κ2) is 8.19. The van der Waals surface area contributed by atoms with Crippen molar-refractivity contribution in [3.63, 3.8) is 0 Å². The minimum absolute atomic E-state index is 0.201. The van der Waals surface area contributed by atoms with E-state index < -0.39 is 12.6 Å². The summed E-state index contributed by atoms with van der Waals surface area (Å²) in [6, 6.07) is 18.4. The monoisotopic (exact) mass is 361 g/mol. The fraction of sp³-hybridized carbons (Fsp3) is 0.0909. The van der Waals surface area contributed by atoms with Crippen molar-refractivity contribution in [2.24, 2.45) is 0 Å². The average Bonchev–Trinajstić information content (AvgIpc) is 2.70. The first-order chi connectivity index (χ1) is 13.1. The molecule has 0 fully saturated rings. The van der Waals surface area contributed by atoms with Crippen LogP contribution in [0.5, 0.6) is 11.5 Å². The second-order valence-electron chi connectivity index (χ2n) is 5.79. The first kappa shape index (κ1) is 18.2. The first-order valence-corrected chi connectivity index (χ1v) is 8.29. The SMILES string of the molecule is COc1cc(C(=O)/C=C/c2cccc3ccccc23)ccc1OCC(=O)[O-]. The van der Waals surface area contributed by atoms with Crippen LogP contribution in [0.3, 0.4) is 0 Å². The Hall–Kier alpha value is -3.60. The van der Waals surface area contributed by atoms with Crippen LogP contribution in [0, 0.1) is 0 Å². The van der Waals surface area contributed by atoms with E-state index in [9.17, 15) is 14.7 Å². The number of carbonyl (C=O) groups excluding carboxylic acids is 2. The van der Waals surface area contributed by atoms with Gasteiger partial charge in [0, 0.05) is 5.56 Å². The number of hydrogen-bond donors (Lipinski definition) is 0. The Bertz CT molecular complexity index is 1010. The molecule has 3 aromatic rings. The van der Waals surface area contributed by atoms with E-state index in [0.717, 1.165) is 16.3 Å². The molecular formula is C22H17O5-. The quantitative estimate of drug-likeness (QED) is 0.478. The summed E-state index contributed by atoms with van der Waals surface area (Å²) in [4.78, 5) is 23.0. The molecule has 0 radical (unpaired) electrons. The number of fused-ring (bicyclic) bond motifs is 1. The Morgan fingerprint density at radius 3 is 2.56 bits per heavy atom. The van der Waals surface area contributed by atoms with Crippen molar-refractivity contribution < 1.29 is 24.2 Å². The zero-order chi connectivity index (χ0) is 19.2. The average molecular weight is 361 g/mol. The number of carbonyl (C=O) groups is 2. The zero-order valence-electron chi connectivity index (χ0n) is 14.7. The maximum atomic E-state index is 12.5. The molecule has 27 heavy (non-hydrogen) atoms. The fourth-order valence-corrected chi connectivity index (χ4v) is 2.73. The van der Waals surface area contributed by atoms with E-state index in [1.165, 1.54) is 25.3 Å². The zero-order valence-corrected chi connectivity index (χ0v) is 14.7. The van der Waals surface area contributed by atoms with Crippen LogP contribution >= 0.6 is 0 Å². The number of methoxy groups -OCH3 is 1. The molecule has 0 aliphatic carbocycles. The van der Waals surface area contributed by atoms with Gasteiger partial charge in [0.25, 0.3) is 0 Å². The van der Waals surface area contributed by atoms with Gasteiger partial charge in [-0.25, -0.2) is 0 Å². The molecule has 0 saturated carbocycles. The molecule has 0 N–H and O–H groups in total. The van der Waals surface area contributed by atoms with E-state index in [1.807, 2.05) is 42.5 Å². The van der Waals surface area contributed by atoms with Crippen LogP contribution in [0.15, 0.2) is 66.7 Å². The van der Waals surface area contributed by atoms with E-state index in [4.69, 9.17) is 9.47 Å². The van der Waals surface area contributed by atoms with E-state index in [0.29, 0.717) is 5.56 Å². The third-order valence-electron chi connectivity index (χ3n) is 4.03. The standard InChI is InChI=1S/C22H18O5/c1-26-21-13-17(10-12-20(21)27-14-22(24)25)19(23)11-9-16-7-4-6-15-5-2-3-8-18(15)16/h2-13H,14H2,1H3,(H,24,25)/p-1/b11-9+. The molecule has 0 saturated heterocycles. The lowest BCUT2D eigenvalue weighted by Gasteiger charge is -2.11. The number of allylic oxidation sites excluding steroid dienone is 1. The Balaban J connectivity index is 1.83. The van der Waals surface area contributed by atoms with Crippen LogP contribution in [-0.2, 0) is 4.79 Å². The van der Waals surface area contributed by atoms with Gasteiger partial charge in [0.05, 0.1) is 13.1 Å². The molecule has 0 aliphatic rings. The van der Waals surface area contributed by atoms with Crippen molar-refractivity contribution in [3.05, 3.63) is 77.9 Å². The highest BCUT2D eigenvalue weighted by atomic mass is 16.5. The highest BCUT2D eigenvalue weighted by Crippen LogP contribution is 2.28. The number of ether oxygens (including phenoxy) is 2. The van der Waals surface area contributed by atoms with Gasteiger partial charge in [-0.2, -0.15) is 0 Å². The lowest BCUT2D eigenvalue weighted by Crippen LogP contribution is -2.29. The number of rotatable bonds is 7. The fourth-order valence-electron chi connectivity index (χ4n) is 2.73. The van der Waals surface area contributed by atoms with Gasteiger partial charge in [-0.15, -0.1) is 0 Å². The van der Waals surface area contributed by atoms with Gasteiger partial charge in [-0.05, 0) is 40.6 Å².